The van der Waals surface area contributed by atoms with Crippen molar-refractivity contribution in [3.63, 3.8) is 0 Å². The van der Waals surface area contributed by atoms with Crippen LogP contribution in [0.4, 0.5) is 5.95 Å². The number of aromatic nitrogens is 5. The highest BCUT2D eigenvalue weighted by Crippen LogP contribution is 2.16. The van der Waals surface area contributed by atoms with Gasteiger partial charge in [-0.1, -0.05) is 0 Å². The van der Waals surface area contributed by atoms with Crippen LogP contribution in [0.3, 0.4) is 0 Å². The molecule has 0 aromatic carbocycles. The molecule has 3 rings (SSSR count). The first-order valence-electron chi connectivity index (χ1n) is 6.40. The van der Waals surface area contributed by atoms with Crippen LogP contribution in [0.25, 0.3) is 5.95 Å². The van der Waals surface area contributed by atoms with E-state index in [0.717, 1.165) is 6.42 Å². The zero-order valence-electron chi connectivity index (χ0n) is 11.0. The van der Waals surface area contributed by atoms with Gasteiger partial charge < -0.3 is 5.32 Å². The monoisotopic (exact) mass is 328 g/mol. The standard InChI is InChI=1S/C11H13ClN6O2S/c12-9-15-10(14-8-3-1-6-21(19,20)7-8)17-11(16-9)18-5-2-4-13-18/h2,4-5,8H,1,3,6-7H2,(H,14,15,16,17). The van der Waals surface area contributed by atoms with Crippen LogP contribution in [0, 0.1) is 0 Å². The lowest BCUT2D eigenvalue weighted by Gasteiger charge is -2.22. The second kappa shape index (κ2) is 5.57. The molecular formula is C11H13ClN6O2S. The number of hydrogen-bond donors (Lipinski definition) is 1. The SMILES string of the molecule is O=S1(=O)CCCC(Nc2nc(Cl)nc(-n3cccn3)n2)C1. The highest BCUT2D eigenvalue weighted by atomic mass is 35.5. The molecule has 1 aliphatic rings. The van der Waals surface area contributed by atoms with E-state index in [2.05, 4.69) is 25.4 Å². The third-order valence-electron chi connectivity index (χ3n) is 3.10. The van der Waals surface area contributed by atoms with E-state index in [0.29, 0.717) is 6.42 Å². The molecule has 1 aliphatic heterocycles. The number of sulfone groups is 1. The molecule has 3 heterocycles. The molecular weight excluding hydrogens is 316 g/mol. The summed E-state index contributed by atoms with van der Waals surface area (Å²) in [4.78, 5) is 12.2. The van der Waals surface area contributed by atoms with Gasteiger partial charge in [-0.15, -0.1) is 0 Å². The molecule has 10 heteroatoms. The summed E-state index contributed by atoms with van der Waals surface area (Å²) in [6.45, 7) is 0. The Kier molecular flexibility index (Phi) is 3.77. The fourth-order valence-electron chi connectivity index (χ4n) is 2.21. The Morgan fingerprint density at radius 1 is 1.33 bits per heavy atom. The Morgan fingerprint density at radius 3 is 2.90 bits per heavy atom. The van der Waals surface area contributed by atoms with Gasteiger partial charge in [0.15, 0.2) is 9.84 Å². The van der Waals surface area contributed by atoms with E-state index in [1.807, 2.05) is 0 Å². The summed E-state index contributed by atoms with van der Waals surface area (Å²) < 4.78 is 24.7. The smallest absolute Gasteiger partial charge is 0.256 e. The Bertz CT molecular complexity index is 733. The van der Waals surface area contributed by atoms with Gasteiger partial charge in [0.2, 0.25) is 11.2 Å². The molecule has 2 aromatic rings. The number of nitrogens with zero attached hydrogens (tertiary/aromatic N) is 5. The van der Waals surface area contributed by atoms with E-state index >= 15 is 0 Å². The van der Waals surface area contributed by atoms with E-state index in [1.165, 1.54) is 4.68 Å². The summed E-state index contributed by atoms with van der Waals surface area (Å²) in [5.74, 6) is 0.846. The molecule has 0 amide bonds. The molecule has 0 spiro atoms. The number of hydrogen-bond acceptors (Lipinski definition) is 7. The first-order valence-corrected chi connectivity index (χ1v) is 8.60. The van der Waals surface area contributed by atoms with Crippen LogP contribution in [0.15, 0.2) is 18.5 Å². The number of rotatable bonds is 3. The van der Waals surface area contributed by atoms with Gasteiger partial charge in [-0.25, -0.2) is 13.1 Å². The van der Waals surface area contributed by atoms with Crippen LogP contribution >= 0.6 is 11.6 Å². The zero-order valence-corrected chi connectivity index (χ0v) is 12.5. The average molecular weight is 329 g/mol. The molecule has 112 valence electrons. The van der Waals surface area contributed by atoms with E-state index in [9.17, 15) is 8.42 Å². The minimum atomic E-state index is -3.00. The largest absolute Gasteiger partial charge is 0.350 e. The fourth-order valence-corrected chi connectivity index (χ4v) is 4.00. The summed E-state index contributed by atoms with van der Waals surface area (Å²) in [5.41, 5.74) is 0. The zero-order chi connectivity index (χ0) is 14.9. The van der Waals surface area contributed by atoms with Gasteiger partial charge in [0.05, 0.1) is 11.5 Å². The topological polar surface area (TPSA) is 103 Å². The quantitative estimate of drug-likeness (QED) is 0.884. The van der Waals surface area contributed by atoms with Crippen LogP contribution in [0.5, 0.6) is 0 Å². The molecule has 0 aliphatic carbocycles. The molecule has 1 fully saturated rings. The minimum absolute atomic E-state index is 0.0247. The molecule has 1 saturated heterocycles. The van der Waals surface area contributed by atoms with Gasteiger partial charge in [-0.2, -0.15) is 20.1 Å². The maximum atomic E-state index is 11.6. The van der Waals surface area contributed by atoms with Crippen molar-refractivity contribution in [2.75, 3.05) is 16.8 Å². The van der Waals surface area contributed by atoms with Crippen LogP contribution in [-0.4, -0.2) is 50.7 Å². The van der Waals surface area contributed by atoms with Gasteiger partial charge in [0, 0.05) is 18.4 Å². The average Bonchev–Trinajstić information content (AvgIpc) is 2.90. The third kappa shape index (κ3) is 3.48. The molecule has 0 bridgehead atoms. The molecule has 0 saturated carbocycles. The maximum Gasteiger partial charge on any atom is 0.256 e. The Labute approximate surface area is 126 Å². The third-order valence-corrected chi connectivity index (χ3v) is 5.09. The van der Waals surface area contributed by atoms with E-state index in [-0.39, 0.29) is 34.7 Å². The van der Waals surface area contributed by atoms with Crippen molar-refractivity contribution in [3.05, 3.63) is 23.7 Å². The van der Waals surface area contributed by atoms with E-state index in [1.54, 1.807) is 18.5 Å². The summed E-state index contributed by atoms with van der Waals surface area (Å²) in [5, 5.41) is 7.06. The fraction of sp³-hybridized carbons (Fsp3) is 0.455. The van der Waals surface area contributed by atoms with Gasteiger partial charge in [-0.05, 0) is 30.5 Å². The molecule has 8 nitrogen and oxygen atoms in total. The Morgan fingerprint density at radius 2 is 2.19 bits per heavy atom. The highest BCUT2D eigenvalue weighted by Gasteiger charge is 2.25. The van der Waals surface area contributed by atoms with Crippen molar-refractivity contribution < 1.29 is 8.42 Å². The molecule has 0 radical (unpaired) electrons. The van der Waals surface area contributed by atoms with Gasteiger partial charge in [-0.3, -0.25) is 0 Å². The Balaban J connectivity index is 1.82. The predicted octanol–water partition coefficient (Wildman–Crippen LogP) is 0.700. The lowest BCUT2D eigenvalue weighted by Crippen LogP contribution is -2.35. The summed E-state index contributed by atoms with van der Waals surface area (Å²) in [6, 6.07) is 1.52. The van der Waals surface area contributed by atoms with Crippen molar-refractivity contribution in [1.29, 1.82) is 0 Å². The first-order chi connectivity index (χ1) is 10.0. The predicted molar refractivity (Wildman–Crippen MR) is 77.3 cm³/mol. The van der Waals surface area contributed by atoms with Crippen molar-refractivity contribution in [2.24, 2.45) is 0 Å². The lowest BCUT2D eigenvalue weighted by molar-refractivity contribution is 0.561. The number of anilines is 1. The summed E-state index contributed by atoms with van der Waals surface area (Å²) in [7, 11) is -3.00. The summed E-state index contributed by atoms with van der Waals surface area (Å²) in [6.07, 6.45) is 4.66. The molecule has 1 unspecified atom stereocenters. The Hall–Kier alpha value is -1.74. The van der Waals surface area contributed by atoms with Gasteiger partial charge in [0.1, 0.15) is 0 Å². The second-order valence-electron chi connectivity index (χ2n) is 4.78. The number of halogens is 1. The lowest BCUT2D eigenvalue weighted by atomic mass is 10.2. The summed E-state index contributed by atoms with van der Waals surface area (Å²) >= 11 is 5.88. The van der Waals surface area contributed by atoms with Crippen LogP contribution < -0.4 is 5.32 Å². The van der Waals surface area contributed by atoms with Crippen LogP contribution in [0.1, 0.15) is 12.8 Å². The van der Waals surface area contributed by atoms with Crippen LogP contribution in [0.2, 0.25) is 5.28 Å². The van der Waals surface area contributed by atoms with Gasteiger partial charge >= 0.3 is 0 Å². The second-order valence-corrected chi connectivity index (χ2v) is 7.34. The normalized spacial score (nSPS) is 21.1. The van der Waals surface area contributed by atoms with Crippen molar-refractivity contribution in [1.82, 2.24) is 24.7 Å². The maximum absolute atomic E-state index is 11.6. The molecule has 1 N–H and O–H groups in total. The van der Waals surface area contributed by atoms with E-state index < -0.39 is 9.84 Å². The highest BCUT2D eigenvalue weighted by molar-refractivity contribution is 7.91. The molecule has 2 aromatic heterocycles. The molecule has 1 atom stereocenters. The number of nitrogens with one attached hydrogen (secondary N) is 1. The van der Waals surface area contributed by atoms with Crippen molar-refractivity contribution in [3.8, 4) is 5.95 Å². The van der Waals surface area contributed by atoms with E-state index in [4.69, 9.17) is 11.6 Å². The van der Waals surface area contributed by atoms with Crippen molar-refractivity contribution in [2.45, 2.75) is 18.9 Å². The van der Waals surface area contributed by atoms with Gasteiger partial charge in [0.25, 0.3) is 5.95 Å². The van der Waals surface area contributed by atoms with Crippen molar-refractivity contribution >= 4 is 27.4 Å². The first kappa shape index (κ1) is 14.2. The minimum Gasteiger partial charge on any atom is -0.350 e. The van der Waals surface area contributed by atoms with Crippen LogP contribution in [-0.2, 0) is 9.84 Å². The molecule has 21 heavy (non-hydrogen) atoms.